The van der Waals surface area contributed by atoms with E-state index >= 15 is 0 Å². The van der Waals surface area contributed by atoms with Crippen molar-refractivity contribution in [3.8, 4) is 11.1 Å². The standard InChI is InChI=1S/C20H21N3O/c1-2-17(12-5-3-4-6-12)23-19-15(11-22-23)13-9-10-21-16-8-7-14(18(13)16)20(19)24/h7,9-12,17H,2-6,8H2,1H3/t17-/m1/s1. The Labute approximate surface area is 141 Å². The lowest BCUT2D eigenvalue weighted by Gasteiger charge is -2.26. The first kappa shape index (κ1) is 14.1. The minimum absolute atomic E-state index is 0.137. The smallest absolute Gasteiger partial charge is 0.212 e. The highest BCUT2D eigenvalue weighted by molar-refractivity contribution is 6.34. The van der Waals surface area contributed by atoms with Crippen LogP contribution in [0.3, 0.4) is 0 Å². The highest BCUT2D eigenvalue weighted by Gasteiger charge is 2.37. The van der Waals surface area contributed by atoms with Gasteiger partial charge in [0.2, 0.25) is 5.78 Å². The zero-order chi connectivity index (χ0) is 16.3. The van der Waals surface area contributed by atoms with Crippen molar-refractivity contribution in [3.05, 3.63) is 41.5 Å². The van der Waals surface area contributed by atoms with Crippen LogP contribution in [0.5, 0.6) is 0 Å². The van der Waals surface area contributed by atoms with E-state index in [1.807, 2.05) is 24.5 Å². The molecule has 1 atom stereocenters. The van der Waals surface area contributed by atoms with Gasteiger partial charge < -0.3 is 0 Å². The zero-order valence-electron chi connectivity index (χ0n) is 14.0. The fourth-order valence-corrected chi connectivity index (χ4v) is 4.90. The fourth-order valence-electron chi connectivity index (χ4n) is 4.90. The van der Waals surface area contributed by atoms with Crippen LogP contribution in [0.2, 0.25) is 0 Å². The lowest BCUT2D eigenvalue weighted by Crippen LogP contribution is -2.24. The maximum absolute atomic E-state index is 13.2. The highest BCUT2D eigenvalue weighted by Crippen LogP contribution is 2.45. The molecule has 0 spiro atoms. The van der Waals surface area contributed by atoms with Crippen molar-refractivity contribution in [3.63, 3.8) is 0 Å². The summed E-state index contributed by atoms with van der Waals surface area (Å²) < 4.78 is 2.05. The summed E-state index contributed by atoms with van der Waals surface area (Å²) in [5.74, 6) is 0.789. The van der Waals surface area contributed by atoms with Crippen molar-refractivity contribution in [2.75, 3.05) is 0 Å². The third-order valence-corrected chi connectivity index (χ3v) is 6.02. The molecule has 4 nitrogen and oxygen atoms in total. The molecular weight excluding hydrogens is 298 g/mol. The number of hydrogen-bond donors (Lipinski definition) is 0. The van der Waals surface area contributed by atoms with Gasteiger partial charge in [-0.2, -0.15) is 5.10 Å². The van der Waals surface area contributed by atoms with Gasteiger partial charge >= 0.3 is 0 Å². The van der Waals surface area contributed by atoms with Gasteiger partial charge in [0, 0.05) is 29.3 Å². The lowest BCUT2D eigenvalue weighted by atomic mass is 9.86. The number of pyridine rings is 1. The van der Waals surface area contributed by atoms with E-state index in [-0.39, 0.29) is 5.78 Å². The van der Waals surface area contributed by atoms with Crippen molar-refractivity contribution < 1.29 is 4.79 Å². The van der Waals surface area contributed by atoms with E-state index in [1.165, 1.54) is 25.7 Å². The highest BCUT2D eigenvalue weighted by atomic mass is 16.1. The molecule has 0 radical (unpaired) electrons. The number of nitrogens with zero attached hydrogens (tertiary/aromatic N) is 3. The predicted molar refractivity (Wildman–Crippen MR) is 92.8 cm³/mol. The van der Waals surface area contributed by atoms with Crippen molar-refractivity contribution in [1.29, 1.82) is 0 Å². The van der Waals surface area contributed by atoms with Crippen LogP contribution < -0.4 is 0 Å². The monoisotopic (exact) mass is 319 g/mol. The zero-order valence-corrected chi connectivity index (χ0v) is 14.0. The lowest BCUT2D eigenvalue weighted by molar-refractivity contribution is 0.104. The SMILES string of the molecule is CC[C@H](C1CCCC1)n1ncc2c1C(=O)C1=CCc3nccc-2c31. The number of rotatable bonds is 3. The number of aromatic nitrogens is 3. The van der Waals surface area contributed by atoms with Crippen molar-refractivity contribution in [2.45, 2.75) is 51.5 Å². The molecule has 0 N–H and O–H groups in total. The first-order chi connectivity index (χ1) is 11.8. The second-order valence-corrected chi connectivity index (χ2v) is 7.20. The van der Waals surface area contributed by atoms with Gasteiger partial charge in [0.25, 0.3) is 0 Å². The van der Waals surface area contributed by atoms with Crippen LogP contribution in [-0.4, -0.2) is 20.5 Å². The van der Waals surface area contributed by atoms with Gasteiger partial charge in [-0.1, -0.05) is 25.8 Å². The van der Waals surface area contributed by atoms with Crippen LogP contribution in [0.4, 0.5) is 0 Å². The number of carbonyl (C=O) groups excluding carboxylic acids is 1. The second-order valence-electron chi connectivity index (χ2n) is 7.20. The Hall–Kier alpha value is -2.23. The van der Waals surface area contributed by atoms with Gasteiger partial charge in [-0.05, 0) is 36.8 Å². The molecule has 2 aromatic heterocycles. The summed E-state index contributed by atoms with van der Waals surface area (Å²) in [5.41, 5.74) is 5.83. The Kier molecular flexibility index (Phi) is 3.02. The number of Topliss-reactive ketones (excluding diaryl/α,β-unsaturated/α-hetero) is 1. The molecule has 5 rings (SSSR count). The summed E-state index contributed by atoms with van der Waals surface area (Å²) in [5, 5.41) is 4.70. The maximum Gasteiger partial charge on any atom is 0.212 e. The van der Waals surface area contributed by atoms with Gasteiger partial charge in [-0.15, -0.1) is 0 Å². The molecule has 0 bridgehead atoms. The maximum atomic E-state index is 13.2. The van der Waals surface area contributed by atoms with Crippen molar-refractivity contribution in [2.24, 2.45) is 5.92 Å². The van der Waals surface area contributed by atoms with Gasteiger partial charge in [0.05, 0.1) is 17.9 Å². The van der Waals surface area contributed by atoms with Gasteiger partial charge in [0.1, 0.15) is 5.69 Å². The number of hydrogen-bond acceptors (Lipinski definition) is 3. The average molecular weight is 319 g/mol. The van der Waals surface area contributed by atoms with Crippen molar-refractivity contribution >= 4 is 11.4 Å². The second kappa shape index (κ2) is 5.13. The predicted octanol–water partition coefficient (Wildman–Crippen LogP) is 4.22. The Morgan fingerprint density at radius 3 is 2.92 bits per heavy atom. The summed E-state index contributed by atoms with van der Waals surface area (Å²) in [6, 6.07) is 2.37. The van der Waals surface area contributed by atoms with Gasteiger partial charge in [-0.3, -0.25) is 14.5 Å². The van der Waals surface area contributed by atoms with Gasteiger partial charge in [0.15, 0.2) is 0 Å². The molecule has 0 unspecified atom stereocenters. The first-order valence-corrected chi connectivity index (χ1v) is 9.10. The molecule has 3 aliphatic carbocycles. The number of fused-ring (bicyclic) bond motifs is 2. The minimum Gasteiger partial charge on any atom is -0.287 e. The van der Waals surface area contributed by atoms with E-state index in [0.29, 0.717) is 12.0 Å². The molecule has 4 heteroatoms. The Morgan fingerprint density at radius 1 is 1.29 bits per heavy atom. The topological polar surface area (TPSA) is 47.8 Å². The van der Waals surface area contributed by atoms with Crippen LogP contribution in [0.25, 0.3) is 16.7 Å². The first-order valence-electron chi connectivity index (χ1n) is 9.10. The van der Waals surface area contributed by atoms with E-state index in [4.69, 9.17) is 5.10 Å². The molecule has 3 aliphatic rings. The number of carbonyl (C=O) groups is 1. The summed E-state index contributed by atoms with van der Waals surface area (Å²) in [6.07, 6.45) is 12.7. The molecule has 0 aromatic carbocycles. The largest absolute Gasteiger partial charge is 0.287 e. The molecule has 1 saturated carbocycles. The number of allylic oxidation sites excluding steroid dienone is 2. The van der Waals surface area contributed by atoms with Crippen LogP contribution in [0, 0.1) is 5.92 Å². The normalized spacial score (nSPS) is 20.0. The van der Waals surface area contributed by atoms with Crippen LogP contribution in [-0.2, 0) is 6.42 Å². The molecule has 1 fully saturated rings. The summed E-state index contributed by atoms with van der Waals surface area (Å²) in [6.45, 7) is 2.22. The molecule has 0 saturated heterocycles. The van der Waals surface area contributed by atoms with Crippen LogP contribution in [0.15, 0.2) is 24.5 Å². The summed E-state index contributed by atoms with van der Waals surface area (Å²) in [7, 11) is 0. The van der Waals surface area contributed by atoms with Gasteiger partial charge in [-0.25, -0.2) is 0 Å². The average Bonchev–Trinajstić information content (AvgIpc) is 3.34. The molecule has 2 aromatic rings. The Bertz CT molecular complexity index is 871. The van der Waals surface area contributed by atoms with Crippen LogP contribution >= 0.6 is 0 Å². The molecule has 0 aliphatic heterocycles. The van der Waals surface area contributed by atoms with E-state index in [2.05, 4.69) is 16.6 Å². The quantitative estimate of drug-likeness (QED) is 0.851. The third-order valence-electron chi connectivity index (χ3n) is 6.02. The van der Waals surface area contributed by atoms with E-state index in [0.717, 1.165) is 46.5 Å². The summed E-state index contributed by atoms with van der Waals surface area (Å²) in [4.78, 5) is 17.7. The molecule has 122 valence electrons. The van der Waals surface area contributed by atoms with Crippen molar-refractivity contribution in [1.82, 2.24) is 14.8 Å². The Morgan fingerprint density at radius 2 is 2.12 bits per heavy atom. The minimum atomic E-state index is 0.137. The fraction of sp³-hybridized carbons (Fsp3) is 0.450. The molecular formula is C20H21N3O. The van der Waals surface area contributed by atoms with E-state index in [1.54, 1.807) is 0 Å². The van der Waals surface area contributed by atoms with E-state index in [9.17, 15) is 4.79 Å². The molecule has 24 heavy (non-hydrogen) atoms. The molecule has 0 amide bonds. The van der Waals surface area contributed by atoms with E-state index < -0.39 is 0 Å². The third kappa shape index (κ3) is 1.77. The molecule has 2 heterocycles. The summed E-state index contributed by atoms with van der Waals surface area (Å²) >= 11 is 0. The number of ketones is 1. The van der Waals surface area contributed by atoms with Crippen LogP contribution in [0.1, 0.15) is 66.8 Å². The Balaban J connectivity index is 1.69.